The number of nitrogens with zero attached hydrogens (tertiary/aromatic N) is 1. The number of benzene rings is 3. The van der Waals surface area contributed by atoms with E-state index in [-0.39, 0.29) is 17.2 Å². The van der Waals surface area contributed by atoms with Crippen LogP contribution in [0, 0.1) is 0 Å². The molecule has 0 atom stereocenters. The molecule has 4 rings (SSSR count). The summed E-state index contributed by atoms with van der Waals surface area (Å²) >= 11 is 7.07. The van der Waals surface area contributed by atoms with Crippen LogP contribution in [0.4, 0.5) is 5.69 Å². The number of ether oxygens (including phenoxy) is 2. The second-order valence-corrected chi connectivity index (χ2v) is 8.83. The summed E-state index contributed by atoms with van der Waals surface area (Å²) in [7, 11) is 0. The van der Waals surface area contributed by atoms with Crippen molar-refractivity contribution in [1.29, 1.82) is 0 Å². The Bertz CT molecular complexity index is 1320. The number of carboxylic acids is 1. The Balaban J connectivity index is 1.52. The quantitative estimate of drug-likeness (QED) is 0.367. The van der Waals surface area contributed by atoms with Gasteiger partial charge in [0.25, 0.3) is 5.91 Å². The summed E-state index contributed by atoms with van der Waals surface area (Å²) in [6, 6.07) is 19.2. The number of para-hydroxylation sites is 1. The van der Waals surface area contributed by atoms with E-state index >= 15 is 0 Å². The normalized spacial score (nSPS) is 15.3. The standard InChI is InChI=1S/C26H21ClN2O5S/c1-2-33-22-13-17(9-12-21(22)34-15-16-7-10-18(27)11-8-16)14-23-24(30)29-26(35-23)28-20-6-4-3-5-19(20)25(31)32/h3-14H,2,15H2,1H3,(H,31,32)(H,28,29,30). The zero-order valence-corrected chi connectivity index (χ0v) is 20.2. The predicted octanol–water partition coefficient (Wildman–Crippen LogP) is 5.91. The van der Waals surface area contributed by atoms with Crippen molar-refractivity contribution < 1.29 is 24.2 Å². The maximum absolute atomic E-state index is 12.5. The first kappa shape index (κ1) is 24.4. The summed E-state index contributed by atoms with van der Waals surface area (Å²) in [6.07, 6.45) is 1.72. The number of thioether (sulfide) groups is 1. The number of carbonyl (C=O) groups excluding carboxylic acids is 1. The lowest BCUT2D eigenvalue weighted by molar-refractivity contribution is -0.115. The molecule has 3 aromatic rings. The van der Waals surface area contributed by atoms with Crippen molar-refractivity contribution in [3.63, 3.8) is 0 Å². The highest BCUT2D eigenvalue weighted by Gasteiger charge is 2.24. The Morgan fingerprint density at radius 3 is 2.60 bits per heavy atom. The number of hydrogen-bond donors (Lipinski definition) is 2. The van der Waals surface area contributed by atoms with Crippen LogP contribution in [0.15, 0.2) is 76.6 Å². The molecule has 0 aromatic heterocycles. The Morgan fingerprint density at radius 2 is 1.86 bits per heavy atom. The van der Waals surface area contributed by atoms with E-state index in [1.165, 1.54) is 6.07 Å². The molecule has 0 saturated carbocycles. The molecule has 1 amide bonds. The molecule has 1 aliphatic heterocycles. The van der Waals surface area contributed by atoms with Crippen molar-refractivity contribution in [3.8, 4) is 11.5 Å². The zero-order chi connectivity index (χ0) is 24.8. The number of carbonyl (C=O) groups is 2. The third-order valence-electron chi connectivity index (χ3n) is 4.88. The van der Waals surface area contributed by atoms with E-state index in [2.05, 4.69) is 10.3 Å². The van der Waals surface area contributed by atoms with Gasteiger partial charge in [0.15, 0.2) is 16.7 Å². The van der Waals surface area contributed by atoms with Crippen LogP contribution in [-0.4, -0.2) is 28.8 Å². The lowest BCUT2D eigenvalue weighted by atomic mass is 10.2. The molecule has 0 unspecified atom stereocenters. The van der Waals surface area contributed by atoms with Crippen LogP contribution in [0.2, 0.25) is 5.02 Å². The van der Waals surface area contributed by atoms with Crippen molar-refractivity contribution in [1.82, 2.24) is 5.32 Å². The van der Waals surface area contributed by atoms with Crippen molar-refractivity contribution in [2.45, 2.75) is 13.5 Å². The largest absolute Gasteiger partial charge is 0.490 e. The van der Waals surface area contributed by atoms with Gasteiger partial charge >= 0.3 is 5.97 Å². The second kappa shape index (κ2) is 11.1. The number of amidine groups is 1. The van der Waals surface area contributed by atoms with Crippen LogP contribution in [0.3, 0.4) is 0 Å². The van der Waals surface area contributed by atoms with E-state index in [4.69, 9.17) is 21.1 Å². The first-order valence-corrected chi connectivity index (χ1v) is 11.9. The maximum Gasteiger partial charge on any atom is 0.337 e. The van der Waals surface area contributed by atoms with E-state index < -0.39 is 5.97 Å². The van der Waals surface area contributed by atoms with Crippen molar-refractivity contribution in [2.24, 2.45) is 4.99 Å². The van der Waals surface area contributed by atoms with Gasteiger partial charge in [-0.25, -0.2) is 9.79 Å². The van der Waals surface area contributed by atoms with E-state index in [0.717, 1.165) is 22.9 Å². The summed E-state index contributed by atoms with van der Waals surface area (Å²) in [5, 5.41) is 13.0. The van der Waals surface area contributed by atoms with Crippen molar-refractivity contribution in [2.75, 3.05) is 6.61 Å². The Morgan fingerprint density at radius 1 is 1.09 bits per heavy atom. The Labute approximate surface area is 211 Å². The van der Waals surface area contributed by atoms with E-state index in [0.29, 0.717) is 39.8 Å². The summed E-state index contributed by atoms with van der Waals surface area (Å²) < 4.78 is 11.7. The molecule has 178 valence electrons. The monoisotopic (exact) mass is 508 g/mol. The number of aliphatic imine (C=N–C) groups is 1. The van der Waals surface area contributed by atoms with Crippen LogP contribution >= 0.6 is 23.4 Å². The lowest BCUT2D eigenvalue weighted by Crippen LogP contribution is -2.19. The average molecular weight is 509 g/mol. The number of nitrogens with one attached hydrogen (secondary N) is 1. The van der Waals surface area contributed by atoms with Crippen LogP contribution in [-0.2, 0) is 11.4 Å². The number of carboxylic acid groups (broad SMARTS) is 1. The van der Waals surface area contributed by atoms with Gasteiger partial charge in [0.05, 0.1) is 22.8 Å². The molecule has 0 bridgehead atoms. The molecule has 0 aliphatic carbocycles. The topological polar surface area (TPSA) is 97.2 Å². The minimum atomic E-state index is -1.09. The van der Waals surface area contributed by atoms with Crippen molar-refractivity contribution >= 4 is 52.2 Å². The summed E-state index contributed by atoms with van der Waals surface area (Å²) in [4.78, 5) is 28.7. The SMILES string of the molecule is CCOc1cc(C=C2SC(=Nc3ccccc3C(=O)O)NC2=O)ccc1OCc1ccc(Cl)cc1. The van der Waals surface area contributed by atoms with Crippen molar-refractivity contribution in [3.05, 3.63) is 93.3 Å². The fourth-order valence-electron chi connectivity index (χ4n) is 3.24. The average Bonchev–Trinajstić information content (AvgIpc) is 3.18. The van der Waals surface area contributed by atoms with Crippen LogP contribution in [0.5, 0.6) is 11.5 Å². The number of hydrogen-bond acceptors (Lipinski definition) is 6. The van der Waals surface area contributed by atoms with Gasteiger partial charge in [-0.2, -0.15) is 0 Å². The van der Waals surface area contributed by atoms with E-state index in [1.807, 2.05) is 25.1 Å². The molecule has 3 aromatic carbocycles. The number of rotatable bonds is 8. The van der Waals surface area contributed by atoms with Gasteiger partial charge < -0.3 is 19.9 Å². The minimum absolute atomic E-state index is 0.0582. The maximum atomic E-state index is 12.5. The van der Waals surface area contributed by atoms with Gasteiger partial charge in [0.2, 0.25) is 0 Å². The van der Waals surface area contributed by atoms with Gasteiger partial charge in [-0.3, -0.25) is 4.79 Å². The predicted molar refractivity (Wildman–Crippen MR) is 138 cm³/mol. The first-order chi connectivity index (χ1) is 16.9. The summed E-state index contributed by atoms with van der Waals surface area (Å²) in [5.41, 5.74) is 2.04. The molecular weight excluding hydrogens is 488 g/mol. The van der Waals surface area contributed by atoms with Crippen LogP contribution in [0.1, 0.15) is 28.4 Å². The zero-order valence-electron chi connectivity index (χ0n) is 18.7. The molecule has 1 heterocycles. The van der Waals surface area contributed by atoms with Gasteiger partial charge in [0.1, 0.15) is 6.61 Å². The van der Waals surface area contributed by atoms with Gasteiger partial charge in [-0.1, -0.05) is 41.9 Å². The van der Waals surface area contributed by atoms with E-state index in [1.54, 1.807) is 48.5 Å². The molecule has 0 radical (unpaired) electrons. The smallest absolute Gasteiger partial charge is 0.337 e. The van der Waals surface area contributed by atoms with Gasteiger partial charge in [-0.05, 0) is 72.3 Å². The van der Waals surface area contributed by atoms with Gasteiger partial charge in [-0.15, -0.1) is 0 Å². The molecule has 2 N–H and O–H groups in total. The summed E-state index contributed by atoms with van der Waals surface area (Å²) in [5.74, 6) is -0.261. The van der Waals surface area contributed by atoms with Crippen LogP contribution < -0.4 is 14.8 Å². The van der Waals surface area contributed by atoms with E-state index in [9.17, 15) is 14.7 Å². The molecule has 1 saturated heterocycles. The van der Waals surface area contributed by atoms with Gasteiger partial charge in [0, 0.05) is 5.02 Å². The molecule has 0 spiro atoms. The highest BCUT2D eigenvalue weighted by Crippen LogP contribution is 2.33. The highest BCUT2D eigenvalue weighted by atomic mass is 35.5. The summed E-state index contributed by atoms with van der Waals surface area (Å²) in [6.45, 7) is 2.69. The number of amides is 1. The molecule has 35 heavy (non-hydrogen) atoms. The third-order valence-corrected chi connectivity index (χ3v) is 6.04. The molecule has 1 aliphatic rings. The molecular formula is C26H21ClN2O5S. The first-order valence-electron chi connectivity index (χ1n) is 10.7. The lowest BCUT2D eigenvalue weighted by Gasteiger charge is -2.13. The highest BCUT2D eigenvalue weighted by molar-refractivity contribution is 8.18. The fraction of sp³-hybridized carbons (Fsp3) is 0.115. The second-order valence-electron chi connectivity index (χ2n) is 7.36. The number of aromatic carboxylic acids is 1. The molecule has 7 nitrogen and oxygen atoms in total. The molecule has 1 fully saturated rings. The fourth-order valence-corrected chi connectivity index (χ4v) is 4.20. The third kappa shape index (κ3) is 6.23. The Hall–Kier alpha value is -3.75. The number of halogens is 1. The minimum Gasteiger partial charge on any atom is -0.490 e. The Kier molecular flexibility index (Phi) is 7.74. The molecule has 9 heteroatoms. The van der Waals surface area contributed by atoms with Crippen LogP contribution in [0.25, 0.3) is 6.08 Å².